The summed E-state index contributed by atoms with van der Waals surface area (Å²) in [5.74, 6) is 0. The highest BCUT2D eigenvalue weighted by molar-refractivity contribution is 4.91. The van der Waals surface area contributed by atoms with Crippen LogP contribution in [-0.4, -0.2) is 15.1 Å². The van der Waals surface area contributed by atoms with Gasteiger partial charge in [0.1, 0.15) is 0 Å². The summed E-state index contributed by atoms with van der Waals surface area (Å²) in [5, 5.41) is 8.71. The standard InChI is InChI=1S/C4H3N3O3/c8-7(9)10-4-5-2-1-3-6-4/h1-3H. The van der Waals surface area contributed by atoms with E-state index in [1.165, 1.54) is 18.5 Å². The zero-order valence-electron chi connectivity index (χ0n) is 4.80. The van der Waals surface area contributed by atoms with Crippen LogP contribution in [0.1, 0.15) is 0 Å². The normalized spacial score (nSPS) is 8.80. The average Bonchev–Trinajstić information content (AvgIpc) is 1.88. The SMILES string of the molecule is O=[N+]([O-])Oc1ncccn1. The molecule has 6 nitrogen and oxygen atoms in total. The molecule has 0 bridgehead atoms. The van der Waals surface area contributed by atoms with E-state index in [0.29, 0.717) is 0 Å². The molecule has 52 valence electrons. The first-order chi connectivity index (χ1) is 4.79. The predicted molar refractivity (Wildman–Crippen MR) is 29.7 cm³/mol. The maximum absolute atomic E-state index is 9.67. The molecule has 0 aliphatic rings. The fourth-order valence-corrected chi connectivity index (χ4v) is 0.399. The minimum absolute atomic E-state index is 0.257. The van der Waals surface area contributed by atoms with Crippen molar-refractivity contribution in [3.05, 3.63) is 28.6 Å². The molecule has 6 heteroatoms. The molecule has 0 N–H and O–H groups in total. The van der Waals surface area contributed by atoms with Crippen LogP contribution < -0.4 is 4.84 Å². The first-order valence-electron chi connectivity index (χ1n) is 2.38. The van der Waals surface area contributed by atoms with Gasteiger partial charge in [0, 0.05) is 12.4 Å². The second kappa shape index (κ2) is 2.72. The fraction of sp³-hybridized carbons (Fsp3) is 0. The van der Waals surface area contributed by atoms with Gasteiger partial charge in [0.2, 0.25) is 0 Å². The van der Waals surface area contributed by atoms with Gasteiger partial charge < -0.3 is 0 Å². The van der Waals surface area contributed by atoms with Gasteiger partial charge in [-0.1, -0.05) is 0 Å². The molecule has 1 heterocycles. The lowest BCUT2D eigenvalue weighted by Gasteiger charge is -1.91. The van der Waals surface area contributed by atoms with Gasteiger partial charge in [-0.15, -0.1) is 10.1 Å². The summed E-state index contributed by atoms with van der Waals surface area (Å²) in [5.41, 5.74) is 0. The molecule has 10 heavy (non-hydrogen) atoms. The Labute approximate surface area is 55.6 Å². The Morgan fingerprint density at radius 1 is 1.50 bits per heavy atom. The molecule has 0 saturated heterocycles. The molecule has 0 atom stereocenters. The third-order valence-corrected chi connectivity index (χ3v) is 0.698. The number of nitrogens with zero attached hydrogens (tertiary/aromatic N) is 3. The molecule has 0 aliphatic heterocycles. The van der Waals surface area contributed by atoms with Crippen molar-refractivity contribution in [3.63, 3.8) is 0 Å². The highest BCUT2D eigenvalue weighted by Crippen LogP contribution is 1.95. The Bertz CT molecular complexity index is 224. The molecule has 0 aliphatic carbocycles. The molecule has 1 rings (SSSR count). The van der Waals surface area contributed by atoms with Crippen LogP contribution in [0.15, 0.2) is 18.5 Å². The van der Waals surface area contributed by atoms with Crippen molar-refractivity contribution in [1.29, 1.82) is 0 Å². The zero-order valence-corrected chi connectivity index (χ0v) is 4.80. The largest absolute Gasteiger partial charge is 0.308 e. The lowest BCUT2D eigenvalue weighted by atomic mass is 10.7. The van der Waals surface area contributed by atoms with Gasteiger partial charge >= 0.3 is 11.1 Å². The van der Waals surface area contributed by atoms with Gasteiger partial charge in [-0.2, -0.15) is 0 Å². The summed E-state index contributed by atoms with van der Waals surface area (Å²) in [6, 6.07) is 1.28. The molecule has 0 radical (unpaired) electrons. The monoisotopic (exact) mass is 141 g/mol. The summed E-state index contributed by atoms with van der Waals surface area (Å²) in [6.45, 7) is 0. The van der Waals surface area contributed by atoms with Crippen molar-refractivity contribution in [2.24, 2.45) is 0 Å². The van der Waals surface area contributed by atoms with E-state index in [1.807, 2.05) is 0 Å². The first kappa shape index (κ1) is 6.40. The number of hydrogen-bond donors (Lipinski definition) is 0. The van der Waals surface area contributed by atoms with Crippen molar-refractivity contribution >= 4 is 0 Å². The maximum atomic E-state index is 9.67. The van der Waals surface area contributed by atoms with E-state index in [0.717, 1.165) is 0 Å². The number of aromatic nitrogens is 2. The van der Waals surface area contributed by atoms with Crippen LogP contribution in [0.5, 0.6) is 6.01 Å². The van der Waals surface area contributed by atoms with Gasteiger partial charge in [0.05, 0.1) is 0 Å². The molecule has 1 aromatic heterocycles. The number of rotatable bonds is 2. The van der Waals surface area contributed by atoms with E-state index in [9.17, 15) is 10.1 Å². The summed E-state index contributed by atoms with van der Waals surface area (Å²) >= 11 is 0. The van der Waals surface area contributed by atoms with Crippen molar-refractivity contribution in [2.75, 3.05) is 0 Å². The quantitative estimate of drug-likeness (QED) is 0.429. The van der Waals surface area contributed by atoms with Crippen LogP contribution in [-0.2, 0) is 0 Å². The Balaban J connectivity index is 2.67. The van der Waals surface area contributed by atoms with Crippen LogP contribution >= 0.6 is 0 Å². The molecule has 0 amide bonds. The first-order valence-corrected chi connectivity index (χ1v) is 2.38. The Morgan fingerprint density at radius 2 is 2.10 bits per heavy atom. The second-order valence-electron chi connectivity index (χ2n) is 1.35. The van der Waals surface area contributed by atoms with Crippen molar-refractivity contribution in [3.8, 4) is 6.01 Å². The van der Waals surface area contributed by atoms with E-state index < -0.39 is 5.09 Å². The van der Waals surface area contributed by atoms with Crippen LogP contribution in [0, 0.1) is 10.1 Å². The van der Waals surface area contributed by atoms with Crippen LogP contribution in [0.4, 0.5) is 0 Å². The summed E-state index contributed by atoms with van der Waals surface area (Å²) < 4.78 is 0. The third-order valence-electron chi connectivity index (χ3n) is 0.698. The molecular formula is C4H3N3O3. The molecular weight excluding hydrogens is 138 g/mol. The highest BCUT2D eigenvalue weighted by atomic mass is 17.0. The molecule has 0 spiro atoms. The third kappa shape index (κ3) is 1.66. The van der Waals surface area contributed by atoms with Gasteiger partial charge in [-0.25, -0.2) is 14.8 Å². The molecule has 0 saturated carbocycles. The van der Waals surface area contributed by atoms with E-state index in [2.05, 4.69) is 14.8 Å². The molecule has 1 aromatic rings. The molecule has 0 fully saturated rings. The molecule has 0 unspecified atom stereocenters. The zero-order chi connectivity index (χ0) is 7.40. The van der Waals surface area contributed by atoms with E-state index in [-0.39, 0.29) is 6.01 Å². The van der Waals surface area contributed by atoms with Crippen LogP contribution in [0.3, 0.4) is 0 Å². The highest BCUT2D eigenvalue weighted by Gasteiger charge is 1.98. The van der Waals surface area contributed by atoms with Gasteiger partial charge in [0.25, 0.3) is 0 Å². The minimum atomic E-state index is -0.963. The number of hydrogen-bond acceptors (Lipinski definition) is 5. The topological polar surface area (TPSA) is 78.2 Å². The van der Waals surface area contributed by atoms with Crippen molar-refractivity contribution in [2.45, 2.75) is 0 Å². The summed E-state index contributed by atoms with van der Waals surface area (Å²) in [4.78, 5) is 20.5. The Hall–Kier alpha value is -1.72. The summed E-state index contributed by atoms with van der Waals surface area (Å²) in [6.07, 6.45) is 2.71. The van der Waals surface area contributed by atoms with Crippen molar-refractivity contribution < 1.29 is 9.92 Å². The second-order valence-corrected chi connectivity index (χ2v) is 1.35. The van der Waals surface area contributed by atoms with Gasteiger partial charge in [0.15, 0.2) is 0 Å². The minimum Gasteiger partial charge on any atom is -0.235 e. The van der Waals surface area contributed by atoms with Crippen molar-refractivity contribution in [1.82, 2.24) is 9.97 Å². The van der Waals surface area contributed by atoms with E-state index in [4.69, 9.17) is 0 Å². The van der Waals surface area contributed by atoms with Gasteiger partial charge in [-0.05, 0) is 6.07 Å². The average molecular weight is 141 g/mol. The van der Waals surface area contributed by atoms with E-state index in [1.54, 1.807) is 0 Å². The van der Waals surface area contributed by atoms with E-state index >= 15 is 0 Å². The lowest BCUT2D eigenvalue weighted by molar-refractivity contribution is -0.713. The molecule has 0 aromatic carbocycles. The van der Waals surface area contributed by atoms with Gasteiger partial charge in [-0.3, -0.25) is 0 Å². The Kier molecular flexibility index (Phi) is 1.74. The lowest BCUT2D eigenvalue weighted by Crippen LogP contribution is -2.05. The summed E-state index contributed by atoms with van der Waals surface area (Å²) in [7, 11) is 0. The fourth-order valence-electron chi connectivity index (χ4n) is 0.399. The predicted octanol–water partition coefficient (Wildman–Crippen LogP) is 0.0471. The maximum Gasteiger partial charge on any atom is 0.308 e. The van der Waals surface area contributed by atoms with Crippen LogP contribution in [0.25, 0.3) is 0 Å². The Morgan fingerprint density at radius 3 is 2.60 bits per heavy atom. The van der Waals surface area contributed by atoms with Crippen LogP contribution in [0.2, 0.25) is 0 Å². The smallest absolute Gasteiger partial charge is 0.235 e.